The first kappa shape index (κ1) is 23.2. The first-order valence-corrected chi connectivity index (χ1v) is 12.6. The average Bonchev–Trinajstić information content (AvgIpc) is 3.58. The van der Waals surface area contributed by atoms with Crippen LogP contribution in [-0.4, -0.2) is 45.8 Å². The molecule has 4 N–H and O–H groups in total. The average molecular weight is 496 g/mol. The number of amides is 1. The van der Waals surface area contributed by atoms with Gasteiger partial charge < -0.3 is 20.7 Å². The molecule has 9 nitrogen and oxygen atoms in total. The van der Waals surface area contributed by atoms with Crippen molar-refractivity contribution in [3.63, 3.8) is 0 Å². The zero-order valence-electron chi connectivity index (χ0n) is 20.6. The molecule has 6 rings (SSSR count). The SMILES string of the molecule is Cc1ccc2c(c1)[C@H](NC(=O)c1cccc(NC3(c4nc(-c5ccncc5)n[nH]4)CCNCC3)c1)CO2. The third-order valence-corrected chi connectivity index (χ3v) is 7.09. The minimum Gasteiger partial charge on any atom is -0.491 e. The van der Waals surface area contributed by atoms with Crippen LogP contribution in [0.25, 0.3) is 11.4 Å². The largest absolute Gasteiger partial charge is 0.491 e. The molecule has 0 bridgehead atoms. The minimum absolute atomic E-state index is 0.134. The predicted octanol–water partition coefficient (Wildman–Crippen LogP) is 3.73. The standard InChI is InChI=1S/C28H29N7O2/c1-18-5-6-24-22(15-18)23(17-37-24)31-26(36)20-3-2-4-21(16-20)33-28(9-13-30-14-10-28)27-32-25(34-35-27)19-7-11-29-12-8-19/h2-8,11-12,15-16,23,30,33H,9-10,13-14,17H2,1H3,(H,31,36)(H,32,34,35)/t23-/m1/s1. The van der Waals surface area contributed by atoms with Crippen molar-refractivity contribution < 1.29 is 9.53 Å². The molecular formula is C28H29N7O2. The lowest BCUT2D eigenvalue weighted by atomic mass is 9.87. The van der Waals surface area contributed by atoms with Crippen LogP contribution in [0.15, 0.2) is 67.0 Å². The van der Waals surface area contributed by atoms with Crippen LogP contribution in [0.2, 0.25) is 0 Å². The maximum absolute atomic E-state index is 13.2. The van der Waals surface area contributed by atoms with Crippen LogP contribution >= 0.6 is 0 Å². The Morgan fingerprint density at radius 2 is 1.92 bits per heavy atom. The molecule has 9 heteroatoms. The summed E-state index contributed by atoms with van der Waals surface area (Å²) in [6, 6.07) is 17.3. The van der Waals surface area contributed by atoms with E-state index in [1.807, 2.05) is 55.5 Å². The molecule has 0 unspecified atom stereocenters. The van der Waals surface area contributed by atoms with Gasteiger partial charge in [-0.05, 0) is 69.3 Å². The van der Waals surface area contributed by atoms with Crippen LogP contribution < -0.4 is 20.7 Å². The van der Waals surface area contributed by atoms with Gasteiger partial charge in [0.05, 0.1) is 11.6 Å². The second-order valence-corrected chi connectivity index (χ2v) is 9.66. The molecule has 0 aliphatic carbocycles. The van der Waals surface area contributed by atoms with Crippen molar-refractivity contribution in [3.8, 4) is 17.1 Å². The normalized spacial score (nSPS) is 18.0. The van der Waals surface area contributed by atoms with E-state index in [1.165, 1.54) is 0 Å². The Labute approximate surface area is 215 Å². The summed E-state index contributed by atoms with van der Waals surface area (Å²) in [7, 11) is 0. The van der Waals surface area contributed by atoms with Gasteiger partial charge in [0.25, 0.3) is 5.91 Å². The zero-order chi connectivity index (χ0) is 25.2. The highest BCUT2D eigenvalue weighted by Gasteiger charge is 2.37. The van der Waals surface area contributed by atoms with Crippen molar-refractivity contribution in [2.75, 3.05) is 25.0 Å². The molecule has 4 aromatic rings. The van der Waals surface area contributed by atoms with Crippen LogP contribution in [0.4, 0.5) is 5.69 Å². The summed E-state index contributed by atoms with van der Waals surface area (Å²) in [5.41, 5.74) is 4.08. The van der Waals surface area contributed by atoms with Crippen molar-refractivity contribution >= 4 is 11.6 Å². The van der Waals surface area contributed by atoms with Gasteiger partial charge in [-0.2, -0.15) is 5.10 Å². The van der Waals surface area contributed by atoms with Gasteiger partial charge in [-0.15, -0.1) is 0 Å². The lowest BCUT2D eigenvalue weighted by Gasteiger charge is -2.37. The molecule has 2 aliphatic heterocycles. The summed E-state index contributed by atoms with van der Waals surface area (Å²) in [6.07, 6.45) is 5.11. The van der Waals surface area contributed by atoms with E-state index in [0.717, 1.165) is 59.9 Å². The third-order valence-electron chi connectivity index (χ3n) is 7.09. The maximum Gasteiger partial charge on any atom is 0.251 e. The van der Waals surface area contributed by atoms with Crippen LogP contribution in [0.3, 0.4) is 0 Å². The van der Waals surface area contributed by atoms with Gasteiger partial charge in [-0.1, -0.05) is 23.8 Å². The van der Waals surface area contributed by atoms with E-state index in [2.05, 4.69) is 37.2 Å². The van der Waals surface area contributed by atoms with Gasteiger partial charge in [0.2, 0.25) is 0 Å². The Balaban J connectivity index is 1.23. The number of benzene rings is 2. The fourth-order valence-electron chi connectivity index (χ4n) is 5.09. The number of ether oxygens (including phenoxy) is 1. The maximum atomic E-state index is 13.2. The number of anilines is 1. The number of nitrogens with one attached hydrogen (secondary N) is 4. The van der Waals surface area contributed by atoms with Crippen molar-refractivity contribution in [3.05, 3.63) is 89.5 Å². The Morgan fingerprint density at radius 3 is 2.76 bits per heavy atom. The Morgan fingerprint density at radius 1 is 1.08 bits per heavy atom. The molecule has 2 aliphatic rings. The van der Waals surface area contributed by atoms with Gasteiger partial charge in [0, 0.05) is 34.8 Å². The molecule has 188 valence electrons. The van der Waals surface area contributed by atoms with Crippen LogP contribution in [0, 0.1) is 6.92 Å². The third kappa shape index (κ3) is 4.65. The van der Waals surface area contributed by atoms with Gasteiger partial charge in [0.1, 0.15) is 12.4 Å². The fourth-order valence-corrected chi connectivity index (χ4v) is 5.09. The Bertz CT molecular complexity index is 1410. The Kier molecular flexibility index (Phi) is 6.05. The Hall–Kier alpha value is -4.24. The van der Waals surface area contributed by atoms with Crippen molar-refractivity contribution in [2.45, 2.75) is 31.3 Å². The van der Waals surface area contributed by atoms with E-state index < -0.39 is 5.54 Å². The van der Waals surface area contributed by atoms with Gasteiger partial charge in [-0.3, -0.25) is 14.9 Å². The minimum atomic E-state index is -0.436. The lowest BCUT2D eigenvalue weighted by Crippen LogP contribution is -2.46. The molecule has 0 spiro atoms. The molecule has 37 heavy (non-hydrogen) atoms. The molecule has 0 saturated carbocycles. The number of fused-ring (bicyclic) bond motifs is 1. The molecule has 1 amide bonds. The van der Waals surface area contributed by atoms with Crippen molar-refractivity contribution in [1.82, 2.24) is 30.8 Å². The van der Waals surface area contributed by atoms with E-state index in [9.17, 15) is 4.79 Å². The number of carbonyl (C=O) groups excluding carboxylic acids is 1. The van der Waals surface area contributed by atoms with Crippen molar-refractivity contribution in [1.29, 1.82) is 0 Å². The number of pyridine rings is 1. The van der Waals surface area contributed by atoms with Crippen LogP contribution in [-0.2, 0) is 5.54 Å². The molecule has 2 aromatic carbocycles. The number of rotatable bonds is 6. The van der Waals surface area contributed by atoms with E-state index in [-0.39, 0.29) is 11.9 Å². The summed E-state index contributed by atoms with van der Waals surface area (Å²) in [4.78, 5) is 22.1. The number of aromatic amines is 1. The monoisotopic (exact) mass is 495 g/mol. The first-order chi connectivity index (χ1) is 18.1. The van der Waals surface area contributed by atoms with Gasteiger partial charge in [-0.25, -0.2) is 4.98 Å². The van der Waals surface area contributed by atoms with Crippen LogP contribution in [0.5, 0.6) is 5.75 Å². The summed E-state index contributed by atoms with van der Waals surface area (Å²) in [5, 5.41) is 17.9. The molecule has 1 fully saturated rings. The summed E-state index contributed by atoms with van der Waals surface area (Å²) in [6.45, 7) is 4.17. The number of H-pyrrole nitrogens is 1. The highest BCUT2D eigenvalue weighted by molar-refractivity contribution is 5.95. The molecule has 4 heterocycles. The first-order valence-electron chi connectivity index (χ1n) is 12.6. The number of carbonyl (C=O) groups is 1. The van der Waals surface area contributed by atoms with E-state index in [1.54, 1.807) is 12.4 Å². The van der Waals surface area contributed by atoms with Gasteiger partial charge in [0.15, 0.2) is 11.6 Å². The molecule has 2 aromatic heterocycles. The molecule has 1 atom stereocenters. The van der Waals surface area contributed by atoms with E-state index >= 15 is 0 Å². The number of piperidine rings is 1. The smallest absolute Gasteiger partial charge is 0.251 e. The number of hydrogen-bond acceptors (Lipinski definition) is 7. The molecule has 1 saturated heterocycles. The second kappa shape index (κ2) is 9.67. The summed E-state index contributed by atoms with van der Waals surface area (Å²) >= 11 is 0. The second-order valence-electron chi connectivity index (χ2n) is 9.66. The van der Waals surface area contributed by atoms with E-state index in [0.29, 0.717) is 18.0 Å². The lowest BCUT2D eigenvalue weighted by molar-refractivity contribution is 0.0930. The quantitative estimate of drug-likeness (QED) is 0.322. The number of hydrogen-bond donors (Lipinski definition) is 4. The highest BCUT2D eigenvalue weighted by Crippen LogP contribution is 2.35. The zero-order valence-corrected chi connectivity index (χ0v) is 20.6. The van der Waals surface area contributed by atoms with E-state index in [4.69, 9.17) is 9.72 Å². The van der Waals surface area contributed by atoms with Crippen LogP contribution in [0.1, 0.15) is 46.2 Å². The predicted molar refractivity (Wildman–Crippen MR) is 140 cm³/mol. The number of aryl methyl sites for hydroxylation is 1. The molecule has 0 radical (unpaired) electrons. The number of nitrogens with zero attached hydrogens (tertiary/aromatic N) is 3. The van der Waals surface area contributed by atoms with Gasteiger partial charge >= 0.3 is 0 Å². The summed E-state index contributed by atoms with van der Waals surface area (Å²) < 4.78 is 5.77. The highest BCUT2D eigenvalue weighted by atomic mass is 16.5. The summed E-state index contributed by atoms with van der Waals surface area (Å²) in [5.74, 6) is 2.12. The fraction of sp³-hybridized carbons (Fsp3) is 0.286. The number of aromatic nitrogens is 4. The van der Waals surface area contributed by atoms with Crippen molar-refractivity contribution in [2.24, 2.45) is 0 Å². The molecular weight excluding hydrogens is 466 g/mol. The topological polar surface area (TPSA) is 117 Å².